The Bertz CT molecular complexity index is 414. The van der Waals surface area contributed by atoms with Gasteiger partial charge in [-0.05, 0) is 55.7 Å². The molecule has 110 valence electrons. The Labute approximate surface area is 125 Å². The van der Waals surface area contributed by atoms with Crippen molar-refractivity contribution in [1.82, 2.24) is 10.3 Å². The highest BCUT2D eigenvalue weighted by Gasteiger charge is 2.38. The van der Waals surface area contributed by atoms with Crippen LogP contribution in [0.4, 0.5) is 0 Å². The van der Waals surface area contributed by atoms with Gasteiger partial charge in [-0.25, -0.2) is 0 Å². The van der Waals surface area contributed by atoms with Gasteiger partial charge in [0.15, 0.2) is 0 Å². The summed E-state index contributed by atoms with van der Waals surface area (Å²) >= 11 is 2.07. The van der Waals surface area contributed by atoms with Crippen LogP contribution in [0.2, 0.25) is 0 Å². The number of ether oxygens (including phenoxy) is 1. The Morgan fingerprint density at radius 1 is 1.45 bits per heavy atom. The molecule has 3 nitrogen and oxygen atoms in total. The smallest absolute Gasteiger partial charge is 0.0713 e. The van der Waals surface area contributed by atoms with E-state index < -0.39 is 0 Å². The van der Waals surface area contributed by atoms with E-state index in [4.69, 9.17) is 4.74 Å². The Hall–Kier alpha value is -0.580. The summed E-state index contributed by atoms with van der Waals surface area (Å²) < 4.78 is 6.16. The second-order valence-electron chi connectivity index (χ2n) is 6.01. The monoisotopic (exact) mass is 292 g/mol. The fraction of sp³-hybridized carbons (Fsp3) is 0.688. The Kier molecular flexibility index (Phi) is 4.64. The number of thioether (sulfide) groups is 1. The summed E-state index contributed by atoms with van der Waals surface area (Å²) in [4.78, 5) is 4.21. The summed E-state index contributed by atoms with van der Waals surface area (Å²) in [6, 6.07) is 5.10. The molecule has 2 atom stereocenters. The molecule has 2 saturated heterocycles. The molecule has 0 aromatic carbocycles. The van der Waals surface area contributed by atoms with Crippen LogP contribution in [0, 0.1) is 0 Å². The number of pyridine rings is 1. The van der Waals surface area contributed by atoms with E-state index in [0.717, 1.165) is 19.4 Å². The van der Waals surface area contributed by atoms with Crippen molar-refractivity contribution in [1.29, 1.82) is 0 Å². The zero-order valence-corrected chi connectivity index (χ0v) is 13.0. The molecule has 1 spiro atoms. The highest BCUT2D eigenvalue weighted by molar-refractivity contribution is 7.99. The highest BCUT2D eigenvalue weighted by Crippen LogP contribution is 2.37. The summed E-state index contributed by atoms with van der Waals surface area (Å²) in [5, 5.41) is 3.78. The molecule has 0 amide bonds. The normalized spacial score (nSPS) is 27.4. The third kappa shape index (κ3) is 3.35. The van der Waals surface area contributed by atoms with Crippen LogP contribution >= 0.6 is 11.8 Å². The quantitative estimate of drug-likeness (QED) is 0.928. The second kappa shape index (κ2) is 6.46. The van der Waals surface area contributed by atoms with E-state index in [9.17, 15) is 0 Å². The number of hydrogen-bond acceptors (Lipinski definition) is 4. The molecular weight excluding hydrogens is 268 g/mol. The molecular formula is C16H24N2OS. The second-order valence-corrected chi connectivity index (χ2v) is 7.23. The Morgan fingerprint density at radius 3 is 3.05 bits per heavy atom. The summed E-state index contributed by atoms with van der Waals surface area (Å²) in [5.41, 5.74) is 1.43. The summed E-state index contributed by atoms with van der Waals surface area (Å²) in [6.07, 6.45) is 8.52. The van der Waals surface area contributed by atoms with Crippen molar-refractivity contribution in [3.8, 4) is 0 Å². The van der Waals surface area contributed by atoms with Crippen molar-refractivity contribution in [2.45, 2.75) is 50.3 Å². The lowest BCUT2D eigenvalue weighted by molar-refractivity contribution is -0.0940. The third-order valence-corrected chi connectivity index (χ3v) is 5.55. The molecule has 1 aromatic rings. The van der Waals surface area contributed by atoms with Crippen LogP contribution in [-0.2, 0) is 4.74 Å². The van der Waals surface area contributed by atoms with Crippen LogP contribution in [0.1, 0.15) is 44.2 Å². The SMILES string of the molecule is C[C@@H](NC1CCOC2(CCSCC2)C1)c1cccnc1. The van der Waals surface area contributed by atoms with Gasteiger partial charge in [0.1, 0.15) is 0 Å². The molecule has 3 heterocycles. The highest BCUT2D eigenvalue weighted by atomic mass is 32.2. The predicted octanol–water partition coefficient (Wildman–Crippen LogP) is 3.18. The van der Waals surface area contributed by atoms with Gasteiger partial charge >= 0.3 is 0 Å². The standard InChI is InChI=1S/C16H24N2OS/c1-13(14-3-2-7-17-12-14)18-15-4-8-19-16(11-15)5-9-20-10-6-16/h2-3,7,12-13,15,18H,4-6,8-11H2,1H3/t13-,15?/m1/s1. The van der Waals surface area contributed by atoms with Crippen LogP contribution in [0.3, 0.4) is 0 Å². The van der Waals surface area contributed by atoms with Crippen LogP contribution in [0.25, 0.3) is 0 Å². The molecule has 0 saturated carbocycles. The zero-order valence-electron chi connectivity index (χ0n) is 12.2. The molecule has 2 aliphatic rings. The van der Waals surface area contributed by atoms with E-state index >= 15 is 0 Å². The molecule has 0 bridgehead atoms. The van der Waals surface area contributed by atoms with Crippen molar-refractivity contribution >= 4 is 11.8 Å². The average Bonchev–Trinajstić information content (AvgIpc) is 2.49. The van der Waals surface area contributed by atoms with Crippen molar-refractivity contribution in [3.63, 3.8) is 0 Å². The van der Waals surface area contributed by atoms with Gasteiger partial charge < -0.3 is 10.1 Å². The van der Waals surface area contributed by atoms with Gasteiger partial charge in [-0.15, -0.1) is 0 Å². The summed E-state index contributed by atoms with van der Waals surface area (Å²) in [5.74, 6) is 2.51. The molecule has 1 aromatic heterocycles. The van der Waals surface area contributed by atoms with E-state index in [1.165, 1.54) is 29.9 Å². The van der Waals surface area contributed by atoms with E-state index in [0.29, 0.717) is 12.1 Å². The van der Waals surface area contributed by atoms with E-state index in [1.807, 2.05) is 18.5 Å². The van der Waals surface area contributed by atoms with E-state index in [2.05, 4.69) is 35.1 Å². The van der Waals surface area contributed by atoms with Gasteiger partial charge in [-0.2, -0.15) is 11.8 Å². The zero-order chi connectivity index (χ0) is 13.8. The molecule has 3 rings (SSSR count). The molecule has 4 heteroatoms. The maximum Gasteiger partial charge on any atom is 0.0713 e. The van der Waals surface area contributed by atoms with Gasteiger partial charge in [-0.1, -0.05) is 6.07 Å². The van der Waals surface area contributed by atoms with Crippen LogP contribution in [0.15, 0.2) is 24.5 Å². The van der Waals surface area contributed by atoms with Gasteiger partial charge in [-0.3, -0.25) is 4.98 Å². The van der Waals surface area contributed by atoms with Crippen molar-refractivity contribution < 1.29 is 4.74 Å². The van der Waals surface area contributed by atoms with Gasteiger partial charge in [0.05, 0.1) is 5.60 Å². The van der Waals surface area contributed by atoms with Gasteiger partial charge in [0.2, 0.25) is 0 Å². The first kappa shape index (κ1) is 14.4. The first-order chi connectivity index (χ1) is 9.77. The minimum absolute atomic E-state index is 0.163. The fourth-order valence-electron chi connectivity index (χ4n) is 3.34. The molecule has 0 radical (unpaired) electrons. The van der Waals surface area contributed by atoms with Gasteiger partial charge in [0, 0.05) is 31.1 Å². The Morgan fingerprint density at radius 2 is 2.30 bits per heavy atom. The molecule has 2 fully saturated rings. The molecule has 2 aliphatic heterocycles. The molecule has 20 heavy (non-hydrogen) atoms. The van der Waals surface area contributed by atoms with E-state index in [-0.39, 0.29) is 5.60 Å². The maximum absolute atomic E-state index is 6.16. The number of rotatable bonds is 3. The van der Waals surface area contributed by atoms with Crippen LogP contribution in [0.5, 0.6) is 0 Å². The summed E-state index contributed by atoms with van der Waals surface area (Å²) in [6.45, 7) is 3.14. The topological polar surface area (TPSA) is 34.1 Å². The number of nitrogens with one attached hydrogen (secondary N) is 1. The van der Waals surface area contributed by atoms with E-state index in [1.54, 1.807) is 0 Å². The Balaban J connectivity index is 1.60. The minimum Gasteiger partial charge on any atom is -0.375 e. The number of hydrogen-bond donors (Lipinski definition) is 1. The maximum atomic E-state index is 6.16. The van der Waals surface area contributed by atoms with Gasteiger partial charge in [0.25, 0.3) is 0 Å². The number of nitrogens with zero attached hydrogens (tertiary/aromatic N) is 1. The third-order valence-electron chi connectivity index (χ3n) is 4.57. The molecule has 0 aliphatic carbocycles. The van der Waals surface area contributed by atoms with Crippen molar-refractivity contribution in [2.75, 3.05) is 18.1 Å². The van der Waals surface area contributed by atoms with Crippen molar-refractivity contribution in [3.05, 3.63) is 30.1 Å². The van der Waals surface area contributed by atoms with Crippen molar-refractivity contribution in [2.24, 2.45) is 0 Å². The minimum atomic E-state index is 0.163. The lowest BCUT2D eigenvalue weighted by Crippen LogP contribution is -2.49. The fourth-order valence-corrected chi connectivity index (χ4v) is 4.58. The lowest BCUT2D eigenvalue weighted by Gasteiger charge is -2.44. The van der Waals surface area contributed by atoms with Crippen LogP contribution < -0.4 is 5.32 Å². The first-order valence-corrected chi connectivity index (χ1v) is 8.81. The lowest BCUT2D eigenvalue weighted by atomic mass is 9.85. The molecule has 1 unspecified atom stereocenters. The largest absolute Gasteiger partial charge is 0.375 e. The summed E-state index contributed by atoms with van der Waals surface area (Å²) in [7, 11) is 0. The first-order valence-electron chi connectivity index (χ1n) is 7.65. The molecule has 1 N–H and O–H groups in total. The average molecular weight is 292 g/mol. The van der Waals surface area contributed by atoms with Crippen LogP contribution in [-0.4, -0.2) is 34.7 Å². The number of aromatic nitrogens is 1. The predicted molar refractivity (Wildman–Crippen MR) is 84.1 cm³/mol.